The second-order valence-corrected chi connectivity index (χ2v) is 4.19. The first-order chi connectivity index (χ1) is 8.66. The molecule has 2 rings (SSSR count). The molecule has 0 amide bonds. The van der Waals surface area contributed by atoms with Gasteiger partial charge in [-0.25, -0.2) is 0 Å². The lowest BCUT2D eigenvalue weighted by Gasteiger charge is -2.07. The van der Waals surface area contributed by atoms with E-state index >= 15 is 0 Å². The second-order valence-electron chi connectivity index (χ2n) is 4.19. The minimum absolute atomic E-state index is 0.0942. The van der Waals surface area contributed by atoms with Gasteiger partial charge in [-0.3, -0.25) is 4.98 Å². The van der Waals surface area contributed by atoms with Crippen molar-refractivity contribution in [2.24, 2.45) is 0 Å². The predicted octanol–water partition coefficient (Wildman–Crippen LogP) is 2.09. The standard InChI is InChI=1S/C14H16N2O2/c1-10-3-2-6-16-12(10)9-15-8-11-4-5-13(17)14(18)7-11/h2-7,15,17-18H,8-9H2,1H3. The Hall–Kier alpha value is -2.07. The van der Waals surface area contributed by atoms with Crippen LogP contribution in [0.4, 0.5) is 0 Å². The van der Waals surface area contributed by atoms with Gasteiger partial charge in [-0.05, 0) is 36.2 Å². The Kier molecular flexibility index (Phi) is 3.79. The van der Waals surface area contributed by atoms with E-state index < -0.39 is 0 Å². The number of aromatic nitrogens is 1. The maximum absolute atomic E-state index is 9.37. The van der Waals surface area contributed by atoms with E-state index in [0.29, 0.717) is 13.1 Å². The van der Waals surface area contributed by atoms with Crippen LogP contribution in [-0.4, -0.2) is 15.2 Å². The molecule has 4 nitrogen and oxygen atoms in total. The third kappa shape index (κ3) is 2.99. The first-order valence-corrected chi connectivity index (χ1v) is 5.79. The van der Waals surface area contributed by atoms with Crippen molar-refractivity contribution in [3.63, 3.8) is 0 Å². The van der Waals surface area contributed by atoms with Gasteiger partial charge in [0, 0.05) is 19.3 Å². The lowest BCUT2D eigenvalue weighted by Crippen LogP contribution is -2.14. The molecule has 1 aromatic carbocycles. The number of benzene rings is 1. The molecule has 0 saturated heterocycles. The predicted molar refractivity (Wildman–Crippen MR) is 69.3 cm³/mol. The number of aromatic hydroxyl groups is 2. The van der Waals surface area contributed by atoms with Crippen molar-refractivity contribution >= 4 is 0 Å². The normalized spacial score (nSPS) is 10.5. The smallest absolute Gasteiger partial charge is 0.157 e. The zero-order valence-electron chi connectivity index (χ0n) is 10.2. The molecule has 0 saturated carbocycles. The molecule has 1 heterocycles. The van der Waals surface area contributed by atoms with Crippen molar-refractivity contribution in [1.82, 2.24) is 10.3 Å². The van der Waals surface area contributed by atoms with Gasteiger partial charge in [0.15, 0.2) is 11.5 Å². The molecule has 0 aliphatic carbocycles. The minimum atomic E-state index is -0.0979. The third-order valence-corrected chi connectivity index (χ3v) is 2.78. The summed E-state index contributed by atoms with van der Waals surface area (Å²) in [7, 11) is 0. The molecule has 1 aromatic heterocycles. The minimum Gasteiger partial charge on any atom is -0.504 e. The van der Waals surface area contributed by atoms with Crippen LogP contribution in [0.2, 0.25) is 0 Å². The molecule has 3 N–H and O–H groups in total. The number of rotatable bonds is 4. The molecule has 0 bridgehead atoms. The zero-order valence-corrected chi connectivity index (χ0v) is 10.2. The molecular weight excluding hydrogens is 228 g/mol. The van der Waals surface area contributed by atoms with Gasteiger partial charge in [0.25, 0.3) is 0 Å². The van der Waals surface area contributed by atoms with Crippen LogP contribution >= 0.6 is 0 Å². The van der Waals surface area contributed by atoms with Crippen LogP contribution < -0.4 is 5.32 Å². The molecule has 18 heavy (non-hydrogen) atoms. The van der Waals surface area contributed by atoms with Gasteiger partial charge < -0.3 is 15.5 Å². The highest BCUT2D eigenvalue weighted by Gasteiger charge is 2.01. The molecule has 0 unspecified atom stereocenters. The topological polar surface area (TPSA) is 65.4 Å². The van der Waals surface area contributed by atoms with E-state index in [1.807, 2.05) is 19.1 Å². The monoisotopic (exact) mass is 244 g/mol. The molecule has 4 heteroatoms. The summed E-state index contributed by atoms with van der Waals surface area (Å²) in [6, 6.07) is 8.74. The van der Waals surface area contributed by atoms with E-state index in [-0.39, 0.29) is 11.5 Å². The molecule has 2 aromatic rings. The van der Waals surface area contributed by atoms with E-state index in [1.54, 1.807) is 18.3 Å². The number of hydrogen-bond donors (Lipinski definition) is 3. The summed E-state index contributed by atoms with van der Waals surface area (Å²) < 4.78 is 0. The van der Waals surface area contributed by atoms with Crippen LogP contribution in [0.15, 0.2) is 36.5 Å². The Morgan fingerprint density at radius 3 is 2.67 bits per heavy atom. The number of pyridine rings is 1. The number of nitrogens with one attached hydrogen (secondary N) is 1. The molecule has 0 aliphatic heterocycles. The third-order valence-electron chi connectivity index (χ3n) is 2.78. The Labute approximate surface area is 106 Å². The van der Waals surface area contributed by atoms with Crippen LogP contribution in [0.25, 0.3) is 0 Å². The average Bonchev–Trinajstić information content (AvgIpc) is 2.36. The Morgan fingerprint density at radius 1 is 1.11 bits per heavy atom. The summed E-state index contributed by atoms with van der Waals surface area (Å²) in [5.74, 6) is -0.192. The summed E-state index contributed by atoms with van der Waals surface area (Å²) in [5.41, 5.74) is 3.08. The number of phenols is 2. The van der Waals surface area contributed by atoms with Crippen molar-refractivity contribution in [1.29, 1.82) is 0 Å². The molecule has 0 spiro atoms. The first kappa shape index (κ1) is 12.4. The lowest BCUT2D eigenvalue weighted by atomic mass is 10.2. The lowest BCUT2D eigenvalue weighted by molar-refractivity contribution is 0.403. The quantitative estimate of drug-likeness (QED) is 0.720. The van der Waals surface area contributed by atoms with Crippen LogP contribution in [0.5, 0.6) is 11.5 Å². The van der Waals surface area contributed by atoms with Gasteiger partial charge in [-0.15, -0.1) is 0 Å². The Balaban J connectivity index is 1.92. The van der Waals surface area contributed by atoms with E-state index in [1.165, 1.54) is 6.07 Å². The zero-order chi connectivity index (χ0) is 13.0. The summed E-state index contributed by atoms with van der Waals surface area (Å²) in [6.45, 7) is 3.31. The van der Waals surface area contributed by atoms with Crippen LogP contribution in [0.3, 0.4) is 0 Å². The largest absolute Gasteiger partial charge is 0.504 e. The molecule has 94 valence electrons. The number of phenolic OH excluding ortho intramolecular Hbond substituents is 2. The number of aryl methyl sites for hydroxylation is 1. The van der Waals surface area contributed by atoms with Crippen molar-refractivity contribution in [3.8, 4) is 11.5 Å². The SMILES string of the molecule is Cc1cccnc1CNCc1ccc(O)c(O)c1. The van der Waals surface area contributed by atoms with Gasteiger partial charge in [-0.1, -0.05) is 12.1 Å². The molecular formula is C14H16N2O2. The van der Waals surface area contributed by atoms with Gasteiger partial charge in [-0.2, -0.15) is 0 Å². The van der Waals surface area contributed by atoms with Gasteiger partial charge in [0.2, 0.25) is 0 Å². The maximum atomic E-state index is 9.37. The molecule has 0 fully saturated rings. The van der Waals surface area contributed by atoms with Crippen LogP contribution in [0, 0.1) is 6.92 Å². The Morgan fingerprint density at radius 2 is 1.94 bits per heavy atom. The molecule has 0 radical (unpaired) electrons. The fourth-order valence-electron chi connectivity index (χ4n) is 1.71. The van der Waals surface area contributed by atoms with Crippen LogP contribution in [0.1, 0.15) is 16.8 Å². The molecule has 0 aliphatic rings. The fraction of sp³-hybridized carbons (Fsp3) is 0.214. The second kappa shape index (κ2) is 5.51. The fourth-order valence-corrected chi connectivity index (χ4v) is 1.71. The van der Waals surface area contributed by atoms with Crippen molar-refractivity contribution in [2.75, 3.05) is 0 Å². The first-order valence-electron chi connectivity index (χ1n) is 5.79. The summed E-state index contributed by atoms with van der Waals surface area (Å²) >= 11 is 0. The molecule has 0 atom stereocenters. The Bertz CT molecular complexity index is 541. The van der Waals surface area contributed by atoms with Crippen LogP contribution in [-0.2, 0) is 13.1 Å². The van der Waals surface area contributed by atoms with Crippen molar-refractivity contribution in [3.05, 3.63) is 53.3 Å². The average molecular weight is 244 g/mol. The number of nitrogens with zero attached hydrogens (tertiary/aromatic N) is 1. The van der Waals surface area contributed by atoms with E-state index in [9.17, 15) is 10.2 Å². The highest BCUT2D eigenvalue weighted by molar-refractivity contribution is 5.40. The summed E-state index contributed by atoms with van der Waals surface area (Å²) in [5, 5.41) is 21.8. The van der Waals surface area contributed by atoms with Gasteiger partial charge in [0.05, 0.1) is 5.69 Å². The van der Waals surface area contributed by atoms with E-state index in [2.05, 4.69) is 10.3 Å². The van der Waals surface area contributed by atoms with Crippen molar-refractivity contribution < 1.29 is 10.2 Å². The summed E-state index contributed by atoms with van der Waals surface area (Å²) in [4.78, 5) is 4.29. The van der Waals surface area contributed by atoms with E-state index in [4.69, 9.17) is 0 Å². The van der Waals surface area contributed by atoms with Crippen molar-refractivity contribution in [2.45, 2.75) is 20.0 Å². The highest BCUT2D eigenvalue weighted by Crippen LogP contribution is 2.24. The highest BCUT2D eigenvalue weighted by atomic mass is 16.3. The van der Waals surface area contributed by atoms with Gasteiger partial charge in [0.1, 0.15) is 0 Å². The summed E-state index contributed by atoms with van der Waals surface area (Å²) in [6.07, 6.45) is 1.77. The number of hydrogen-bond acceptors (Lipinski definition) is 4. The maximum Gasteiger partial charge on any atom is 0.157 e. The van der Waals surface area contributed by atoms with Gasteiger partial charge >= 0.3 is 0 Å². The van der Waals surface area contributed by atoms with E-state index in [0.717, 1.165) is 16.8 Å².